The van der Waals surface area contributed by atoms with Gasteiger partial charge in [-0.1, -0.05) is 142 Å². The van der Waals surface area contributed by atoms with Crippen LogP contribution in [-0.4, -0.2) is 46.8 Å². The zero-order valence-electron chi connectivity index (χ0n) is 33.1. The third-order valence-electron chi connectivity index (χ3n) is 9.47. The van der Waals surface area contributed by atoms with Gasteiger partial charge in [0.15, 0.2) is 0 Å². The first-order valence-corrected chi connectivity index (χ1v) is 22.4. The van der Waals surface area contributed by atoms with Crippen LogP contribution in [0.1, 0.15) is 168 Å². The number of benzene rings is 2. The van der Waals surface area contributed by atoms with Crippen LogP contribution < -0.4 is 9.47 Å². The van der Waals surface area contributed by atoms with E-state index in [9.17, 15) is 18.0 Å². The van der Waals surface area contributed by atoms with Gasteiger partial charge < -0.3 is 18.9 Å². The average molecular weight is 759 g/mol. The topological polar surface area (TPSA) is 105 Å². The summed E-state index contributed by atoms with van der Waals surface area (Å²) in [6.45, 7) is 5.16. The lowest BCUT2D eigenvalue weighted by Gasteiger charge is -2.10. The fourth-order valence-electron chi connectivity index (χ4n) is 6.21. The van der Waals surface area contributed by atoms with Crippen LogP contribution >= 0.6 is 0 Å². The van der Waals surface area contributed by atoms with Crippen molar-refractivity contribution >= 4 is 21.8 Å². The quantitative estimate of drug-likeness (QED) is 0.0513. The first kappa shape index (κ1) is 46.1. The maximum absolute atomic E-state index is 13.2. The second-order valence-electron chi connectivity index (χ2n) is 14.2. The number of carbonyl (C=O) groups is 2. The predicted octanol–water partition coefficient (Wildman–Crippen LogP) is 11.8. The lowest BCUT2D eigenvalue weighted by Crippen LogP contribution is -2.12. The third-order valence-corrected chi connectivity index (χ3v) is 11.3. The minimum atomic E-state index is -3.74. The SMILES string of the molecule is CCCCCCCCCCCCCC(=O)OCCOc1ccc(S(=O)(=O)c2ccc(OCCOC(=O)CCCCCCCCCCCCC)cc2)cc1. The van der Waals surface area contributed by atoms with Gasteiger partial charge in [-0.05, 0) is 61.4 Å². The summed E-state index contributed by atoms with van der Waals surface area (Å²) in [6, 6.07) is 12.4. The Labute approximate surface area is 322 Å². The van der Waals surface area contributed by atoms with Crippen LogP contribution in [0.15, 0.2) is 58.3 Å². The molecule has 0 amide bonds. The van der Waals surface area contributed by atoms with Gasteiger partial charge in [-0.25, -0.2) is 8.42 Å². The van der Waals surface area contributed by atoms with Gasteiger partial charge in [0.1, 0.15) is 37.9 Å². The lowest BCUT2D eigenvalue weighted by atomic mass is 10.1. The molecule has 0 aliphatic carbocycles. The van der Waals surface area contributed by atoms with E-state index in [1.807, 2.05) is 0 Å². The summed E-state index contributed by atoms with van der Waals surface area (Å²) in [5, 5.41) is 0. The van der Waals surface area contributed by atoms with Gasteiger partial charge in [0.25, 0.3) is 0 Å². The van der Waals surface area contributed by atoms with E-state index in [4.69, 9.17) is 18.9 Å². The molecule has 0 radical (unpaired) electrons. The molecule has 53 heavy (non-hydrogen) atoms. The van der Waals surface area contributed by atoms with Crippen LogP contribution in [0.2, 0.25) is 0 Å². The monoisotopic (exact) mass is 758 g/mol. The molecule has 0 atom stereocenters. The fraction of sp³-hybridized carbons (Fsp3) is 0.682. The molecule has 8 nitrogen and oxygen atoms in total. The van der Waals surface area contributed by atoms with Gasteiger partial charge in [-0.15, -0.1) is 0 Å². The van der Waals surface area contributed by atoms with E-state index in [0.717, 1.165) is 38.5 Å². The number of hydrogen-bond acceptors (Lipinski definition) is 8. The maximum atomic E-state index is 13.2. The van der Waals surface area contributed by atoms with Crippen LogP contribution in [0, 0.1) is 0 Å². The van der Waals surface area contributed by atoms with Crippen LogP contribution in [0.25, 0.3) is 0 Å². The highest BCUT2D eigenvalue weighted by atomic mass is 32.2. The summed E-state index contributed by atoms with van der Waals surface area (Å²) >= 11 is 0. The van der Waals surface area contributed by atoms with Crippen molar-refractivity contribution in [2.24, 2.45) is 0 Å². The Balaban J connectivity index is 1.53. The standard InChI is InChI=1S/C44H70O8S/c1-3-5-7-9-11-13-15-17-19-21-23-25-43(45)51-37-35-49-39-27-31-41(32-28-39)53(47,48)42-33-29-40(30-34-42)50-36-38-52-44(46)26-24-22-20-18-16-14-12-10-8-6-4-2/h27-34H,3-26,35-38H2,1-2H3. The van der Waals surface area contributed by atoms with E-state index in [-0.39, 0.29) is 48.2 Å². The molecular weight excluding hydrogens is 689 g/mol. The summed E-state index contributed by atoms with van der Waals surface area (Å²) < 4.78 is 48.2. The summed E-state index contributed by atoms with van der Waals surface area (Å²) in [5.74, 6) is 0.564. The van der Waals surface area contributed by atoms with Gasteiger partial charge in [-0.2, -0.15) is 0 Å². The molecule has 0 unspecified atom stereocenters. The normalized spacial score (nSPS) is 11.4. The second-order valence-corrected chi connectivity index (χ2v) is 16.1. The summed E-state index contributed by atoms with van der Waals surface area (Å²) in [5.41, 5.74) is 0. The molecule has 2 rings (SSSR count). The molecule has 2 aromatic rings. The molecule has 0 spiro atoms. The summed E-state index contributed by atoms with van der Waals surface area (Å²) in [6.07, 6.45) is 28.0. The highest BCUT2D eigenvalue weighted by molar-refractivity contribution is 7.91. The summed E-state index contributed by atoms with van der Waals surface area (Å²) in [7, 11) is -3.74. The van der Waals surface area contributed by atoms with E-state index in [1.165, 1.54) is 127 Å². The molecule has 0 fully saturated rings. The molecule has 9 heteroatoms. The molecule has 0 aliphatic heterocycles. The Morgan fingerprint density at radius 1 is 0.415 bits per heavy atom. The van der Waals surface area contributed by atoms with Crippen molar-refractivity contribution in [2.75, 3.05) is 26.4 Å². The lowest BCUT2D eigenvalue weighted by molar-refractivity contribution is -0.145. The van der Waals surface area contributed by atoms with Crippen LogP contribution in [0.4, 0.5) is 0 Å². The minimum Gasteiger partial charge on any atom is -0.490 e. The largest absolute Gasteiger partial charge is 0.490 e. The molecule has 0 heterocycles. The first-order valence-electron chi connectivity index (χ1n) is 20.9. The Kier molecular flexibility index (Phi) is 26.3. The molecule has 0 saturated carbocycles. The highest BCUT2D eigenvalue weighted by Gasteiger charge is 2.18. The van der Waals surface area contributed by atoms with Gasteiger partial charge >= 0.3 is 11.9 Å². The summed E-state index contributed by atoms with van der Waals surface area (Å²) in [4.78, 5) is 24.4. The number of sulfone groups is 1. The number of esters is 2. The molecule has 2 aromatic carbocycles. The van der Waals surface area contributed by atoms with Crippen LogP contribution in [0.5, 0.6) is 11.5 Å². The molecule has 300 valence electrons. The number of hydrogen-bond donors (Lipinski definition) is 0. The zero-order chi connectivity index (χ0) is 38.2. The van der Waals surface area contributed by atoms with E-state index in [1.54, 1.807) is 24.3 Å². The van der Waals surface area contributed by atoms with Crippen molar-refractivity contribution in [3.8, 4) is 11.5 Å². The molecular formula is C44H70O8S. The van der Waals surface area contributed by atoms with E-state index >= 15 is 0 Å². The third kappa shape index (κ3) is 22.7. The fourth-order valence-corrected chi connectivity index (χ4v) is 7.47. The highest BCUT2D eigenvalue weighted by Crippen LogP contribution is 2.25. The van der Waals surface area contributed by atoms with Crippen molar-refractivity contribution in [1.82, 2.24) is 0 Å². The number of carbonyl (C=O) groups excluding carboxylic acids is 2. The molecule has 0 aromatic heterocycles. The minimum absolute atomic E-state index is 0.140. The molecule has 0 N–H and O–H groups in total. The van der Waals surface area contributed by atoms with Crippen molar-refractivity contribution in [1.29, 1.82) is 0 Å². The molecule has 0 saturated heterocycles. The maximum Gasteiger partial charge on any atom is 0.305 e. The van der Waals surface area contributed by atoms with Crippen molar-refractivity contribution < 1.29 is 37.0 Å². The average Bonchev–Trinajstić information content (AvgIpc) is 3.16. The Morgan fingerprint density at radius 2 is 0.698 bits per heavy atom. The first-order chi connectivity index (χ1) is 25.9. The zero-order valence-corrected chi connectivity index (χ0v) is 33.9. The second kappa shape index (κ2) is 30.3. The number of unbranched alkanes of at least 4 members (excludes halogenated alkanes) is 20. The van der Waals surface area contributed by atoms with Crippen molar-refractivity contribution in [3.63, 3.8) is 0 Å². The van der Waals surface area contributed by atoms with Gasteiger partial charge in [0.2, 0.25) is 9.84 Å². The van der Waals surface area contributed by atoms with E-state index in [0.29, 0.717) is 24.3 Å². The van der Waals surface area contributed by atoms with E-state index in [2.05, 4.69) is 13.8 Å². The smallest absolute Gasteiger partial charge is 0.305 e. The van der Waals surface area contributed by atoms with Gasteiger partial charge in [-0.3, -0.25) is 9.59 Å². The number of ether oxygens (including phenoxy) is 4. The Morgan fingerprint density at radius 3 is 1.00 bits per heavy atom. The predicted molar refractivity (Wildman–Crippen MR) is 213 cm³/mol. The van der Waals surface area contributed by atoms with Gasteiger partial charge in [0.05, 0.1) is 9.79 Å². The molecule has 0 aliphatic rings. The number of rotatable bonds is 34. The Bertz CT molecular complexity index is 1210. The Hall–Kier alpha value is -3.07. The van der Waals surface area contributed by atoms with Crippen molar-refractivity contribution in [2.45, 2.75) is 178 Å². The van der Waals surface area contributed by atoms with Crippen LogP contribution in [0.3, 0.4) is 0 Å². The van der Waals surface area contributed by atoms with Gasteiger partial charge in [0, 0.05) is 12.8 Å². The molecule has 0 bridgehead atoms. The van der Waals surface area contributed by atoms with E-state index < -0.39 is 9.84 Å². The van der Waals surface area contributed by atoms with Crippen molar-refractivity contribution in [3.05, 3.63) is 48.5 Å². The van der Waals surface area contributed by atoms with Crippen LogP contribution in [-0.2, 0) is 28.9 Å².